The number of ketones is 1. The number of nitro benzene ring substituents is 1. The lowest BCUT2D eigenvalue weighted by atomic mass is 10.1. The first kappa shape index (κ1) is 15.0. The maximum Gasteiger partial charge on any atom is 0.322 e. The van der Waals surface area contributed by atoms with E-state index in [1.165, 1.54) is 25.1 Å². The molecule has 0 aliphatic carbocycles. The van der Waals surface area contributed by atoms with Crippen molar-refractivity contribution < 1.29 is 14.5 Å². The molecular formula is C14H17N3O4. The fourth-order valence-corrected chi connectivity index (χ4v) is 2.54. The smallest absolute Gasteiger partial charge is 0.321 e. The average Bonchev–Trinajstić information content (AvgIpc) is 2.86. The number of nitrogens with zero attached hydrogens (tertiary/aromatic N) is 2. The Kier molecular flexibility index (Phi) is 4.52. The topological polar surface area (TPSA) is 92.6 Å². The predicted octanol–water partition coefficient (Wildman–Crippen LogP) is 2.57. The molecule has 0 saturated carbocycles. The number of nitro groups is 1. The summed E-state index contributed by atoms with van der Waals surface area (Å²) in [6.07, 6.45) is 2.02. The molecule has 0 radical (unpaired) electrons. The first-order valence-corrected chi connectivity index (χ1v) is 6.79. The third-order valence-corrected chi connectivity index (χ3v) is 3.47. The molecule has 1 saturated heterocycles. The fraction of sp³-hybridized carbons (Fsp3) is 0.429. The first-order chi connectivity index (χ1) is 9.97. The van der Waals surface area contributed by atoms with E-state index in [1.807, 2.05) is 0 Å². The lowest BCUT2D eigenvalue weighted by Crippen LogP contribution is -2.39. The summed E-state index contributed by atoms with van der Waals surface area (Å²) < 4.78 is 0. The molecule has 1 heterocycles. The van der Waals surface area contributed by atoms with Crippen LogP contribution < -0.4 is 5.32 Å². The molecule has 112 valence electrons. The highest BCUT2D eigenvalue weighted by Gasteiger charge is 2.29. The number of hydrogen-bond acceptors (Lipinski definition) is 4. The van der Waals surface area contributed by atoms with Crippen LogP contribution in [0.1, 0.15) is 26.2 Å². The van der Waals surface area contributed by atoms with E-state index in [9.17, 15) is 19.7 Å². The van der Waals surface area contributed by atoms with E-state index in [4.69, 9.17) is 0 Å². The molecule has 1 aromatic carbocycles. The quantitative estimate of drug-likeness (QED) is 0.681. The summed E-state index contributed by atoms with van der Waals surface area (Å²) in [5.74, 6) is 0.0510. The van der Waals surface area contributed by atoms with Gasteiger partial charge in [0.05, 0.1) is 4.92 Å². The molecule has 1 N–H and O–H groups in total. The van der Waals surface area contributed by atoms with Crippen LogP contribution in [0.2, 0.25) is 0 Å². The Morgan fingerprint density at radius 3 is 2.90 bits per heavy atom. The fourth-order valence-electron chi connectivity index (χ4n) is 2.54. The normalized spacial score (nSPS) is 17.6. The van der Waals surface area contributed by atoms with E-state index in [1.54, 1.807) is 11.0 Å². The predicted molar refractivity (Wildman–Crippen MR) is 77.1 cm³/mol. The molecule has 1 aromatic rings. The van der Waals surface area contributed by atoms with Gasteiger partial charge in [0.25, 0.3) is 5.69 Å². The van der Waals surface area contributed by atoms with Gasteiger partial charge in [-0.1, -0.05) is 6.07 Å². The van der Waals surface area contributed by atoms with Gasteiger partial charge in [-0.25, -0.2) is 4.79 Å². The SMILES string of the molecule is CC(=O)CC1CCCN1C(=O)Nc1cccc([N+](=O)[O-])c1. The van der Waals surface area contributed by atoms with Gasteiger partial charge < -0.3 is 10.2 Å². The number of rotatable bonds is 4. The van der Waals surface area contributed by atoms with Crippen molar-refractivity contribution >= 4 is 23.2 Å². The highest BCUT2D eigenvalue weighted by molar-refractivity contribution is 5.90. The second-order valence-corrected chi connectivity index (χ2v) is 5.13. The zero-order chi connectivity index (χ0) is 15.4. The van der Waals surface area contributed by atoms with Gasteiger partial charge in [0.15, 0.2) is 0 Å². The Labute approximate surface area is 122 Å². The third kappa shape index (κ3) is 3.77. The number of carbonyl (C=O) groups excluding carboxylic acids is 2. The van der Waals surface area contributed by atoms with Gasteiger partial charge in [0.1, 0.15) is 5.78 Å². The number of non-ortho nitro benzene ring substituents is 1. The van der Waals surface area contributed by atoms with Crippen LogP contribution in [0.15, 0.2) is 24.3 Å². The summed E-state index contributed by atoms with van der Waals surface area (Å²) in [6.45, 7) is 2.10. The minimum Gasteiger partial charge on any atom is -0.321 e. The van der Waals surface area contributed by atoms with Crippen molar-refractivity contribution in [3.8, 4) is 0 Å². The monoisotopic (exact) mass is 291 g/mol. The molecule has 1 aliphatic rings. The molecule has 2 rings (SSSR count). The van der Waals surface area contributed by atoms with E-state index in [0.29, 0.717) is 18.7 Å². The molecule has 1 aliphatic heterocycles. The maximum atomic E-state index is 12.2. The molecule has 1 unspecified atom stereocenters. The van der Waals surface area contributed by atoms with Gasteiger partial charge in [-0.15, -0.1) is 0 Å². The van der Waals surface area contributed by atoms with Gasteiger partial charge in [-0.05, 0) is 25.8 Å². The summed E-state index contributed by atoms with van der Waals surface area (Å²) in [5.41, 5.74) is 0.303. The van der Waals surface area contributed by atoms with Crippen LogP contribution in [0.25, 0.3) is 0 Å². The van der Waals surface area contributed by atoms with Crippen molar-refractivity contribution in [2.45, 2.75) is 32.2 Å². The number of anilines is 1. The molecule has 2 amide bonds. The number of benzene rings is 1. The third-order valence-electron chi connectivity index (χ3n) is 3.47. The van der Waals surface area contributed by atoms with E-state index in [-0.39, 0.29) is 23.5 Å². The van der Waals surface area contributed by atoms with Crippen LogP contribution >= 0.6 is 0 Å². The van der Waals surface area contributed by atoms with Crippen LogP contribution in [0.3, 0.4) is 0 Å². The zero-order valence-corrected chi connectivity index (χ0v) is 11.7. The van der Waals surface area contributed by atoms with Gasteiger partial charge in [-0.2, -0.15) is 0 Å². The molecular weight excluding hydrogens is 274 g/mol. The van der Waals surface area contributed by atoms with Gasteiger partial charge in [0, 0.05) is 36.8 Å². The molecule has 1 atom stereocenters. The molecule has 7 nitrogen and oxygen atoms in total. The number of likely N-dealkylation sites (tertiary alicyclic amines) is 1. The van der Waals surface area contributed by atoms with Gasteiger partial charge in [-0.3, -0.25) is 14.9 Å². The van der Waals surface area contributed by atoms with E-state index in [2.05, 4.69) is 5.32 Å². The summed E-state index contributed by atoms with van der Waals surface area (Å²) >= 11 is 0. The standard InChI is InChI=1S/C14H17N3O4/c1-10(18)8-12-6-3-7-16(12)14(19)15-11-4-2-5-13(9-11)17(20)21/h2,4-5,9,12H,3,6-8H2,1H3,(H,15,19). The number of Topliss-reactive ketones (excluding diaryl/α,β-unsaturated/α-hetero) is 1. The van der Waals surface area contributed by atoms with Crippen molar-refractivity contribution in [1.82, 2.24) is 4.90 Å². The Hall–Kier alpha value is -2.44. The van der Waals surface area contributed by atoms with E-state index >= 15 is 0 Å². The average molecular weight is 291 g/mol. The molecule has 0 bridgehead atoms. The largest absolute Gasteiger partial charge is 0.322 e. The minimum absolute atomic E-state index is 0.0510. The van der Waals surface area contributed by atoms with Crippen molar-refractivity contribution in [2.24, 2.45) is 0 Å². The van der Waals surface area contributed by atoms with Crippen LogP contribution in [-0.2, 0) is 4.79 Å². The Bertz CT molecular complexity index is 573. The highest BCUT2D eigenvalue weighted by Crippen LogP contribution is 2.23. The Morgan fingerprint density at radius 1 is 1.48 bits per heavy atom. The Morgan fingerprint density at radius 2 is 2.24 bits per heavy atom. The van der Waals surface area contributed by atoms with Gasteiger partial charge >= 0.3 is 6.03 Å². The lowest BCUT2D eigenvalue weighted by molar-refractivity contribution is -0.384. The van der Waals surface area contributed by atoms with E-state index < -0.39 is 4.92 Å². The summed E-state index contributed by atoms with van der Waals surface area (Å²) in [5, 5.41) is 13.4. The number of carbonyl (C=O) groups is 2. The van der Waals surface area contributed by atoms with Crippen LogP contribution in [0.4, 0.5) is 16.2 Å². The lowest BCUT2D eigenvalue weighted by Gasteiger charge is -2.24. The minimum atomic E-state index is -0.510. The van der Waals surface area contributed by atoms with Crippen LogP contribution in [0.5, 0.6) is 0 Å². The second kappa shape index (κ2) is 6.34. The molecule has 0 spiro atoms. The van der Waals surface area contributed by atoms with Crippen molar-refractivity contribution in [3.05, 3.63) is 34.4 Å². The number of nitrogens with one attached hydrogen (secondary N) is 1. The molecule has 7 heteroatoms. The van der Waals surface area contributed by atoms with Crippen LogP contribution in [-0.4, -0.2) is 34.2 Å². The summed E-state index contributed by atoms with van der Waals surface area (Å²) in [4.78, 5) is 35.3. The van der Waals surface area contributed by atoms with Gasteiger partial charge in [0.2, 0.25) is 0 Å². The Balaban J connectivity index is 2.05. The van der Waals surface area contributed by atoms with Crippen molar-refractivity contribution in [1.29, 1.82) is 0 Å². The molecule has 1 fully saturated rings. The van der Waals surface area contributed by atoms with E-state index in [0.717, 1.165) is 12.8 Å². The number of amides is 2. The summed E-state index contributed by atoms with van der Waals surface area (Å²) in [7, 11) is 0. The van der Waals surface area contributed by atoms with Crippen molar-refractivity contribution in [3.63, 3.8) is 0 Å². The second-order valence-electron chi connectivity index (χ2n) is 5.13. The van der Waals surface area contributed by atoms with Crippen molar-refractivity contribution in [2.75, 3.05) is 11.9 Å². The summed E-state index contributed by atoms with van der Waals surface area (Å²) in [6, 6.07) is 5.39. The number of hydrogen-bond donors (Lipinski definition) is 1. The molecule has 0 aromatic heterocycles. The highest BCUT2D eigenvalue weighted by atomic mass is 16.6. The zero-order valence-electron chi connectivity index (χ0n) is 11.7. The molecule has 21 heavy (non-hydrogen) atoms. The number of urea groups is 1. The van der Waals surface area contributed by atoms with Crippen LogP contribution in [0, 0.1) is 10.1 Å². The first-order valence-electron chi connectivity index (χ1n) is 6.79. The maximum absolute atomic E-state index is 12.2.